The number of carboxylic acid groups (broad SMARTS) is 1. The first-order chi connectivity index (χ1) is 11.0. The lowest BCUT2D eigenvalue weighted by atomic mass is 9.94. The minimum absolute atomic E-state index is 0.00488. The van der Waals surface area contributed by atoms with E-state index >= 15 is 0 Å². The Morgan fingerprint density at radius 1 is 1.22 bits per heavy atom. The number of nitrogen functional groups attached to an aromatic ring is 1. The van der Waals surface area contributed by atoms with Gasteiger partial charge in [-0.3, -0.25) is 0 Å². The molecule has 114 valence electrons. The molecule has 0 bridgehead atoms. The molecule has 0 spiro atoms. The molecule has 3 aromatic rings. The number of anilines is 1. The summed E-state index contributed by atoms with van der Waals surface area (Å²) >= 11 is 0. The van der Waals surface area contributed by atoms with Crippen LogP contribution in [0.5, 0.6) is 0 Å². The third-order valence-corrected chi connectivity index (χ3v) is 3.60. The Balaban J connectivity index is 2.50. The molecular weight excluding hydrogens is 294 g/mol. The molecule has 0 saturated heterocycles. The van der Waals surface area contributed by atoms with Gasteiger partial charge in [0.05, 0.1) is 11.1 Å². The Kier molecular flexibility index (Phi) is 3.46. The lowest BCUT2D eigenvalue weighted by Crippen LogP contribution is -2.12. The van der Waals surface area contributed by atoms with E-state index in [-0.39, 0.29) is 16.7 Å². The zero-order valence-corrected chi connectivity index (χ0v) is 12.1. The molecule has 1 aromatic heterocycles. The second-order valence-electron chi connectivity index (χ2n) is 4.99. The lowest BCUT2D eigenvalue weighted by molar-refractivity contribution is 0.0699. The predicted octanol–water partition coefficient (Wildman–Crippen LogP) is 3.38. The fourth-order valence-corrected chi connectivity index (χ4v) is 2.59. The smallest absolute Gasteiger partial charge is 0.345 e. The van der Waals surface area contributed by atoms with Crippen molar-refractivity contribution in [2.75, 3.05) is 5.73 Å². The summed E-state index contributed by atoms with van der Waals surface area (Å²) in [6, 6.07) is 11.5. The molecule has 3 rings (SSSR count). The molecule has 0 aliphatic rings. The molecule has 1 heterocycles. The molecule has 5 nitrogen and oxygen atoms in total. The molecule has 0 unspecified atom stereocenters. The van der Waals surface area contributed by atoms with E-state index in [9.17, 15) is 14.7 Å². The molecule has 0 aliphatic heterocycles. The number of aromatic carboxylic acids is 1. The maximum atomic E-state index is 12.4. The Morgan fingerprint density at radius 3 is 2.65 bits per heavy atom. The fourth-order valence-electron chi connectivity index (χ4n) is 2.59. The number of carboxylic acids is 1. The predicted molar refractivity (Wildman–Crippen MR) is 89.4 cm³/mol. The van der Waals surface area contributed by atoms with Gasteiger partial charge in [-0.1, -0.05) is 36.9 Å². The highest BCUT2D eigenvalue weighted by Crippen LogP contribution is 2.30. The first-order valence-corrected chi connectivity index (χ1v) is 6.84. The fraction of sp³-hybridized carbons (Fsp3) is 0. The second kappa shape index (κ2) is 5.46. The van der Waals surface area contributed by atoms with Crippen molar-refractivity contribution in [1.29, 1.82) is 0 Å². The SMILES string of the molecule is C=Cc1ccccc1-c1c(C(=O)O)c2ccc(N)cc2oc1=O. The topological polar surface area (TPSA) is 93.5 Å². The van der Waals surface area contributed by atoms with Gasteiger partial charge in [-0.15, -0.1) is 0 Å². The average Bonchev–Trinajstić information content (AvgIpc) is 2.53. The summed E-state index contributed by atoms with van der Waals surface area (Å²) < 4.78 is 5.29. The summed E-state index contributed by atoms with van der Waals surface area (Å²) in [5, 5.41) is 9.96. The van der Waals surface area contributed by atoms with E-state index in [1.165, 1.54) is 12.1 Å². The molecule has 5 heteroatoms. The van der Waals surface area contributed by atoms with Crippen LogP contribution in [0.4, 0.5) is 5.69 Å². The van der Waals surface area contributed by atoms with Gasteiger partial charge in [0.2, 0.25) is 0 Å². The Bertz CT molecular complexity index is 1000. The summed E-state index contributed by atoms with van der Waals surface area (Å²) in [5.41, 5.74) is 6.49. The maximum Gasteiger partial charge on any atom is 0.345 e. The average molecular weight is 307 g/mol. The van der Waals surface area contributed by atoms with Crippen LogP contribution in [0.1, 0.15) is 15.9 Å². The quantitative estimate of drug-likeness (QED) is 0.571. The number of rotatable bonds is 3. The lowest BCUT2D eigenvalue weighted by Gasteiger charge is -2.11. The van der Waals surface area contributed by atoms with Crippen molar-refractivity contribution >= 4 is 28.7 Å². The van der Waals surface area contributed by atoms with Gasteiger partial charge in [0.1, 0.15) is 5.58 Å². The summed E-state index contributed by atoms with van der Waals surface area (Å²) in [4.78, 5) is 24.2. The zero-order valence-electron chi connectivity index (χ0n) is 12.1. The highest BCUT2D eigenvalue weighted by molar-refractivity contribution is 6.08. The van der Waals surface area contributed by atoms with Crippen LogP contribution in [-0.2, 0) is 0 Å². The largest absolute Gasteiger partial charge is 0.478 e. The molecule has 2 aromatic carbocycles. The maximum absolute atomic E-state index is 12.4. The van der Waals surface area contributed by atoms with Crippen LogP contribution in [-0.4, -0.2) is 11.1 Å². The van der Waals surface area contributed by atoms with Gasteiger partial charge >= 0.3 is 11.6 Å². The normalized spacial score (nSPS) is 10.6. The summed E-state index contributed by atoms with van der Waals surface area (Å²) in [6.45, 7) is 3.70. The van der Waals surface area contributed by atoms with Crippen LogP contribution in [0.25, 0.3) is 28.2 Å². The van der Waals surface area contributed by atoms with Crippen LogP contribution in [0.3, 0.4) is 0 Å². The van der Waals surface area contributed by atoms with Crippen LogP contribution >= 0.6 is 0 Å². The monoisotopic (exact) mass is 307 g/mol. The van der Waals surface area contributed by atoms with Crippen molar-refractivity contribution in [3.8, 4) is 11.1 Å². The third kappa shape index (κ3) is 2.38. The number of nitrogens with two attached hydrogens (primary N) is 1. The highest BCUT2D eigenvalue weighted by atomic mass is 16.4. The minimum Gasteiger partial charge on any atom is -0.478 e. The second-order valence-corrected chi connectivity index (χ2v) is 4.99. The van der Waals surface area contributed by atoms with E-state index in [0.29, 0.717) is 22.2 Å². The summed E-state index contributed by atoms with van der Waals surface area (Å²) in [6.07, 6.45) is 1.56. The molecule has 23 heavy (non-hydrogen) atoms. The van der Waals surface area contributed by atoms with Crippen LogP contribution < -0.4 is 11.4 Å². The van der Waals surface area contributed by atoms with E-state index in [2.05, 4.69) is 6.58 Å². The molecule has 0 atom stereocenters. The zero-order chi connectivity index (χ0) is 16.6. The summed E-state index contributed by atoms with van der Waals surface area (Å²) in [5.74, 6) is -1.21. The van der Waals surface area contributed by atoms with Gasteiger partial charge in [-0.05, 0) is 23.3 Å². The molecule has 0 radical (unpaired) electrons. The number of carbonyl (C=O) groups is 1. The Morgan fingerprint density at radius 2 is 1.96 bits per heavy atom. The van der Waals surface area contributed by atoms with Crippen molar-refractivity contribution in [2.45, 2.75) is 0 Å². The van der Waals surface area contributed by atoms with Crippen molar-refractivity contribution in [2.24, 2.45) is 0 Å². The number of hydrogen-bond acceptors (Lipinski definition) is 4. The van der Waals surface area contributed by atoms with E-state index in [0.717, 1.165) is 0 Å². The number of benzene rings is 2. The standard InChI is InChI=1S/C18H13NO4/c1-2-10-5-3-4-6-12(10)16-15(17(20)21)13-8-7-11(19)9-14(13)23-18(16)22/h2-9H,1,19H2,(H,20,21). The van der Waals surface area contributed by atoms with Crippen molar-refractivity contribution in [3.63, 3.8) is 0 Å². The van der Waals surface area contributed by atoms with Gasteiger partial charge in [0.25, 0.3) is 0 Å². The molecule has 0 aliphatic carbocycles. The highest BCUT2D eigenvalue weighted by Gasteiger charge is 2.22. The van der Waals surface area contributed by atoms with E-state index < -0.39 is 11.6 Å². The molecule has 0 saturated carbocycles. The van der Waals surface area contributed by atoms with Gasteiger partial charge in [0.15, 0.2) is 0 Å². The van der Waals surface area contributed by atoms with Crippen molar-refractivity contribution < 1.29 is 14.3 Å². The van der Waals surface area contributed by atoms with E-state index in [1.54, 1.807) is 36.4 Å². The van der Waals surface area contributed by atoms with Crippen molar-refractivity contribution in [3.05, 3.63) is 70.6 Å². The van der Waals surface area contributed by atoms with Gasteiger partial charge in [-0.2, -0.15) is 0 Å². The van der Waals surface area contributed by atoms with E-state index in [1.807, 2.05) is 0 Å². The van der Waals surface area contributed by atoms with Gasteiger partial charge < -0.3 is 15.3 Å². The number of fused-ring (bicyclic) bond motifs is 1. The third-order valence-electron chi connectivity index (χ3n) is 3.60. The first-order valence-electron chi connectivity index (χ1n) is 6.84. The van der Waals surface area contributed by atoms with Crippen LogP contribution in [0.2, 0.25) is 0 Å². The van der Waals surface area contributed by atoms with Crippen LogP contribution in [0.15, 0.2) is 58.3 Å². The van der Waals surface area contributed by atoms with Gasteiger partial charge in [-0.25, -0.2) is 9.59 Å². The number of hydrogen-bond donors (Lipinski definition) is 2. The minimum atomic E-state index is -1.21. The van der Waals surface area contributed by atoms with E-state index in [4.69, 9.17) is 10.2 Å². The van der Waals surface area contributed by atoms with Crippen LogP contribution in [0, 0.1) is 0 Å². The molecular formula is C18H13NO4. The molecule has 0 amide bonds. The Labute approximate surface area is 131 Å². The summed E-state index contributed by atoms with van der Waals surface area (Å²) in [7, 11) is 0. The Hall–Kier alpha value is -3.34. The molecule has 3 N–H and O–H groups in total. The molecule has 0 fully saturated rings. The van der Waals surface area contributed by atoms with Gasteiger partial charge in [0, 0.05) is 17.1 Å². The first kappa shape index (κ1) is 14.6. The van der Waals surface area contributed by atoms with Crippen molar-refractivity contribution in [1.82, 2.24) is 0 Å².